The van der Waals surface area contributed by atoms with Gasteiger partial charge in [-0.05, 0) is 77.4 Å². The van der Waals surface area contributed by atoms with Crippen molar-refractivity contribution in [2.45, 2.75) is 13.0 Å². The summed E-state index contributed by atoms with van der Waals surface area (Å²) in [4.78, 5) is 35.9. The van der Waals surface area contributed by atoms with E-state index in [2.05, 4.69) is 50.0 Å². The minimum atomic E-state index is -1.29. The van der Waals surface area contributed by atoms with Gasteiger partial charge in [0.15, 0.2) is 11.6 Å². The maximum Gasteiger partial charge on any atom is 0.371 e. The molecule has 4 aromatic carbocycles. The van der Waals surface area contributed by atoms with Crippen LogP contribution in [0.2, 0.25) is 0 Å². The fraction of sp³-hybridized carbons (Fsp3) is 0.0465. The molecule has 0 heterocycles. The molecule has 0 bridgehead atoms. The number of benzene rings is 4. The normalized spacial score (nSPS) is 10.1. The van der Waals surface area contributed by atoms with Gasteiger partial charge in [-0.15, -0.1) is 0 Å². The molecule has 6 nitrogen and oxygen atoms in total. The Balaban J connectivity index is 1.40. The molecule has 52 heavy (non-hydrogen) atoms. The van der Waals surface area contributed by atoms with Crippen LogP contribution in [0.5, 0.6) is 11.5 Å². The topological polar surface area (TPSA) is 78.9 Å². The number of carbonyl (C=O) groups is 3. The summed E-state index contributed by atoms with van der Waals surface area (Å²) in [7, 11) is 0. The zero-order valence-corrected chi connectivity index (χ0v) is 27.6. The average molecular weight is 699 g/mol. The molecule has 0 radical (unpaired) electrons. The van der Waals surface area contributed by atoms with Crippen LogP contribution < -0.4 is 9.47 Å². The molecule has 0 aromatic heterocycles. The third kappa shape index (κ3) is 11.8. The highest BCUT2D eigenvalue weighted by atomic mass is 19.1. The predicted octanol–water partition coefficient (Wildman–Crippen LogP) is 8.60. The predicted molar refractivity (Wildman–Crippen MR) is 191 cm³/mol. The number of allylic oxidation sites excluding steroid dienone is 2. The Labute approximate surface area is 298 Å². The minimum Gasteiger partial charge on any atom is -0.486 e. The van der Waals surface area contributed by atoms with Gasteiger partial charge in [-0.3, -0.25) is 4.79 Å². The van der Waals surface area contributed by atoms with Crippen LogP contribution in [0.15, 0.2) is 147 Å². The van der Waals surface area contributed by atoms with Crippen LogP contribution >= 0.6 is 0 Å². The van der Waals surface area contributed by atoms with E-state index in [0.29, 0.717) is 16.7 Å². The van der Waals surface area contributed by atoms with Gasteiger partial charge in [-0.25, -0.2) is 14.0 Å². The van der Waals surface area contributed by atoms with Crippen molar-refractivity contribution < 1.29 is 41.8 Å². The molecule has 0 aliphatic rings. The van der Waals surface area contributed by atoms with Crippen LogP contribution in [0.1, 0.15) is 38.9 Å². The van der Waals surface area contributed by atoms with E-state index < -0.39 is 29.4 Å². The first-order valence-electron chi connectivity index (χ1n) is 15.3. The number of hydrogen-bond acceptors (Lipinski definition) is 6. The first-order chi connectivity index (χ1) is 24.9. The van der Waals surface area contributed by atoms with E-state index in [1.54, 1.807) is 66.7 Å². The molecule has 0 aliphatic carbocycles. The van der Waals surface area contributed by atoms with Crippen LogP contribution in [0.3, 0.4) is 0 Å². The lowest BCUT2D eigenvalue weighted by Gasteiger charge is -2.07. The van der Waals surface area contributed by atoms with E-state index in [-0.39, 0.29) is 41.6 Å². The summed E-state index contributed by atoms with van der Waals surface area (Å²) < 4.78 is 54.5. The van der Waals surface area contributed by atoms with Crippen LogP contribution in [-0.2, 0) is 32.1 Å². The minimum absolute atomic E-state index is 0.0447. The van der Waals surface area contributed by atoms with Crippen molar-refractivity contribution in [3.05, 3.63) is 186 Å². The second-order valence-electron chi connectivity index (χ2n) is 10.9. The smallest absolute Gasteiger partial charge is 0.371 e. The summed E-state index contributed by atoms with van der Waals surface area (Å²) in [5.41, 5.74) is 4.24. The summed E-state index contributed by atoms with van der Waals surface area (Å²) in [5.74, 6) is 5.75. The van der Waals surface area contributed by atoms with Gasteiger partial charge < -0.3 is 14.2 Å². The van der Waals surface area contributed by atoms with Crippen molar-refractivity contribution in [1.82, 2.24) is 0 Å². The summed E-state index contributed by atoms with van der Waals surface area (Å²) in [5, 5.41) is 0. The SMILES string of the molecule is C=C(F)C(=C)OCc1ccc(CC(=O)C=Cc2ccc(C#Cc3ccc(C#Cc4ccc(OC(=O)C(=C)F)cc4)c(OC(=O)C(=C)F)c3)cc2)cc1. The monoisotopic (exact) mass is 698 g/mol. The molecule has 0 spiro atoms. The Bertz CT molecular complexity index is 2210. The van der Waals surface area contributed by atoms with Gasteiger partial charge in [0.25, 0.3) is 0 Å². The number of esters is 2. The third-order valence-corrected chi connectivity index (χ3v) is 6.87. The molecule has 258 valence electrons. The molecule has 0 aliphatic heterocycles. The summed E-state index contributed by atoms with van der Waals surface area (Å²) in [6.45, 7) is 12.5. The third-order valence-electron chi connectivity index (χ3n) is 6.87. The highest BCUT2D eigenvalue weighted by Crippen LogP contribution is 2.22. The molecule has 0 saturated carbocycles. The first kappa shape index (κ1) is 37.7. The summed E-state index contributed by atoms with van der Waals surface area (Å²) in [6.07, 6.45) is 3.39. The molecule has 9 heteroatoms. The second kappa shape index (κ2) is 18.1. The lowest BCUT2D eigenvalue weighted by atomic mass is 10.1. The fourth-order valence-corrected chi connectivity index (χ4v) is 4.12. The van der Waals surface area contributed by atoms with Crippen LogP contribution in [0.25, 0.3) is 6.08 Å². The zero-order valence-electron chi connectivity index (χ0n) is 27.6. The van der Waals surface area contributed by atoms with Crippen LogP contribution in [-0.4, -0.2) is 17.7 Å². The number of hydrogen-bond donors (Lipinski definition) is 0. The van der Waals surface area contributed by atoms with Gasteiger partial charge in [-0.1, -0.05) is 92.5 Å². The summed E-state index contributed by atoms with van der Waals surface area (Å²) in [6, 6.07) is 24.9. The molecular weight excluding hydrogens is 669 g/mol. The maximum atomic E-state index is 13.5. The number of halogens is 3. The van der Waals surface area contributed by atoms with Crippen molar-refractivity contribution in [3.8, 4) is 35.2 Å². The Morgan fingerprint density at radius 2 is 1.15 bits per heavy atom. The molecule has 0 amide bonds. The van der Waals surface area contributed by atoms with Gasteiger partial charge >= 0.3 is 11.9 Å². The van der Waals surface area contributed by atoms with Gasteiger partial charge in [0.05, 0.1) is 5.56 Å². The highest BCUT2D eigenvalue weighted by Gasteiger charge is 2.13. The number of rotatable bonds is 12. The second-order valence-corrected chi connectivity index (χ2v) is 10.9. The van der Waals surface area contributed by atoms with Crippen LogP contribution in [0, 0.1) is 23.7 Å². The zero-order chi connectivity index (χ0) is 37.6. The highest BCUT2D eigenvalue weighted by molar-refractivity contribution is 5.95. The van der Waals surface area contributed by atoms with Crippen molar-refractivity contribution in [2.24, 2.45) is 0 Å². The molecule has 0 unspecified atom stereocenters. The molecular formula is C43H29F3O6. The van der Waals surface area contributed by atoms with E-state index in [4.69, 9.17) is 14.2 Å². The standard InChI is InChI=1S/C43H29F3O6/c1-28(44)31(4)50-27-37-13-11-35(12-14-37)25-39(47)22-17-33-7-5-32(6-8-33)9-10-36-16-21-38(41(26-36)52-43(49)30(3)46)20-15-34-18-23-40(24-19-34)51-42(48)29(2)45/h5-8,11-14,16-19,21-24,26H,1-4,25,27H2. The number of ether oxygens (including phenoxy) is 3. The molecule has 0 N–H and O–H groups in total. The first-order valence-corrected chi connectivity index (χ1v) is 15.3. The molecule has 4 rings (SSSR count). The Morgan fingerprint density at radius 1 is 0.615 bits per heavy atom. The Hall–Kier alpha value is -7.10. The molecule has 4 aromatic rings. The van der Waals surface area contributed by atoms with Gasteiger partial charge in [0, 0.05) is 23.1 Å². The Morgan fingerprint density at radius 3 is 1.77 bits per heavy atom. The maximum absolute atomic E-state index is 13.5. The molecule has 0 fully saturated rings. The largest absolute Gasteiger partial charge is 0.486 e. The van der Waals surface area contributed by atoms with E-state index in [9.17, 15) is 27.6 Å². The van der Waals surface area contributed by atoms with Crippen molar-refractivity contribution in [1.29, 1.82) is 0 Å². The average Bonchev–Trinajstić information content (AvgIpc) is 3.13. The fourth-order valence-electron chi connectivity index (χ4n) is 4.12. The lowest BCUT2D eigenvalue weighted by molar-refractivity contribution is -0.132. The van der Waals surface area contributed by atoms with E-state index >= 15 is 0 Å². The van der Waals surface area contributed by atoms with E-state index in [1.807, 2.05) is 0 Å². The lowest BCUT2D eigenvalue weighted by Crippen LogP contribution is -2.08. The summed E-state index contributed by atoms with van der Waals surface area (Å²) >= 11 is 0. The van der Waals surface area contributed by atoms with E-state index in [0.717, 1.165) is 16.7 Å². The van der Waals surface area contributed by atoms with Crippen molar-refractivity contribution in [3.63, 3.8) is 0 Å². The van der Waals surface area contributed by atoms with Gasteiger partial charge in [-0.2, -0.15) is 8.78 Å². The van der Waals surface area contributed by atoms with Crippen molar-refractivity contribution in [2.75, 3.05) is 0 Å². The number of ketones is 1. The van der Waals surface area contributed by atoms with Gasteiger partial charge in [0.2, 0.25) is 11.7 Å². The number of carbonyl (C=O) groups excluding carboxylic acids is 3. The quantitative estimate of drug-likeness (QED) is 0.0368. The molecule has 0 saturated heterocycles. The molecule has 0 atom stereocenters. The van der Waals surface area contributed by atoms with Crippen molar-refractivity contribution >= 4 is 23.8 Å². The van der Waals surface area contributed by atoms with Gasteiger partial charge in [0.1, 0.15) is 23.9 Å². The van der Waals surface area contributed by atoms with E-state index in [1.165, 1.54) is 36.4 Å². The van der Waals surface area contributed by atoms with Crippen LogP contribution in [0.4, 0.5) is 13.2 Å². The Kier molecular flexibility index (Phi) is 13.1.